The van der Waals surface area contributed by atoms with Gasteiger partial charge in [0.25, 0.3) is 0 Å². The van der Waals surface area contributed by atoms with Gasteiger partial charge in [-0.2, -0.15) is 0 Å². The Kier molecular flexibility index (Phi) is 8.72. The standard InChI is InChI=1S/C65H44BNO2/c1-39-33-40(2)64(41(3)34-39)66(57-25-12-18-43-16-6-7-19-47(43)57)58-38-55-52-23-14-28-61-63(52)56(37-54(55)48-20-8-9-21-49(48)58)51-32-31-46(36-62(51)68-61)67(45-30-29-42-15-4-5-17-44(42)35-45)59-26-13-24-53-50-22-10-11-27-60(50)69-65(53)59/h4-38H,1-3H3. The summed E-state index contributed by atoms with van der Waals surface area (Å²) < 4.78 is 13.8. The molecule has 14 rings (SSSR count). The molecule has 0 radical (unpaired) electrons. The molecule has 0 aliphatic carbocycles. The third kappa shape index (κ3) is 6.08. The highest BCUT2D eigenvalue weighted by Gasteiger charge is 2.31. The first-order valence-electron chi connectivity index (χ1n) is 23.9. The fourth-order valence-electron chi connectivity index (χ4n) is 11.9. The highest BCUT2D eigenvalue weighted by atomic mass is 16.5. The minimum absolute atomic E-state index is 0.0110. The van der Waals surface area contributed by atoms with E-state index >= 15 is 0 Å². The molecule has 0 amide bonds. The second kappa shape index (κ2) is 15.2. The van der Waals surface area contributed by atoms with E-state index in [1.54, 1.807) is 0 Å². The number of furan rings is 1. The summed E-state index contributed by atoms with van der Waals surface area (Å²) in [5, 5.41) is 14.4. The Morgan fingerprint density at radius 2 is 1.03 bits per heavy atom. The van der Waals surface area contributed by atoms with Gasteiger partial charge in [0.15, 0.2) is 5.58 Å². The van der Waals surface area contributed by atoms with Crippen LogP contribution in [-0.4, -0.2) is 6.71 Å². The van der Waals surface area contributed by atoms with Crippen LogP contribution in [0.25, 0.3) is 86.9 Å². The first-order valence-corrected chi connectivity index (χ1v) is 23.9. The van der Waals surface area contributed by atoms with Crippen molar-refractivity contribution in [2.24, 2.45) is 0 Å². The van der Waals surface area contributed by atoms with Gasteiger partial charge in [-0.05, 0) is 123 Å². The fourth-order valence-corrected chi connectivity index (χ4v) is 11.9. The summed E-state index contributed by atoms with van der Waals surface area (Å²) in [5.74, 6) is 1.67. The molecule has 0 saturated heterocycles. The molecule has 3 nitrogen and oxygen atoms in total. The molecule has 1 aliphatic rings. The van der Waals surface area contributed by atoms with Crippen LogP contribution in [0.2, 0.25) is 0 Å². The van der Waals surface area contributed by atoms with E-state index in [4.69, 9.17) is 9.15 Å². The first kappa shape index (κ1) is 39.6. The van der Waals surface area contributed by atoms with E-state index in [0.717, 1.165) is 61.4 Å². The summed E-state index contributed by atoms with van der Waals surface area (Å²) in [7, 11) is 0. The van der Waals surface area contributed by atoms with Gasteiger partial charge in [0, 0.05) is 33.5 Å². The van der Waals surface area contributed by atoms with Crippen molar-refractivity contribution in [2.45, 2.75) is 20.8 Å². The number of rotatable bonds is 6. The van der Waals surface area contributed by atoms with Crippen LogP contribution in [0.4, 0.5) is 17.1 Å². The highest BCUT2D eigenvalue weighted by Crippen LogP contribution is 2.52. The molecular formula is C65H44BNO2. The summed E-state index contributed by atoms with van der Waals surface area (Å²) >= 11 is 0. The molecule has 4 heteroatoms. The topological polar surface area (TPSA) is 25.6 Å². The van der Waals surface area contributed by atoms with Crippen LogP contribution in [-0.2, 0) is 0 Å². The monoisotopic (exact) mass is 881 g/mol. The Hall–Kier alpha value is -8.60. The molecule has 69 heavy (non-hydrogen) atoms. The quantitative estimate of drug-likeness (QED) is 0.123. The third-order valence-corrected chi connectivity index (χ3v) is 14.8. The normalized spacial score (nSPS) is 12.1. The molecule has 2 heterocycles. The van der Waals surface area contributed by atoms with Gasteiger partial charge in [0.2, 0.25) is 6.71 Å². The zero-order valence-electron chi connectivity index (χ0n) is 38.5. The van der Waals surface area contributed by atoms with Crippen molar-refractivity contribution in [1.29, 1.82) is 0 Å². The van der Waals surface area contributed by atoms with E-state index in [9.17, 15) is 0 Å². The molecule has 12 aromatic carbocycles. The number of benzene rings is 12. The maximum Gasteiger partial charge on any atom is 0.243 e. The van der Waals surface area contributed by atoms with Gasteiger partial charge in [0.1, 0.15) is 17.1 Å². The van der Waals surface area contributed by atoms with Crippen LogP contribution in [0.3, 0.4) is 0 Å². The van der Waals surface area contributed by atoms with Gasteiger partial charge in [-0.25, -0.2) is 0 Å². The predicted molar refractivity (Wildman–Crippen MR) is 293 cm³/mol. The van der Waals surface area contributed by atoms with Gasteiger partial charge < -0.3 is 14.1 Å². The SMILES string of the molecule is Cc1cc(C)c(B(c2cccc3ccccc23)c2cc3c4cccc5c4c(cc3c3ccccc23)-c2ccc(N(c3ccc4ccccc4c3)c3cccc4c3oc3ccccc34)cc2O5)c(C)c1. The molecule has 324 valence electrons. The van der Waals surface area contributed by atoms with Crippen LogP contribution in [0.15, 0.2) is 217 Å². The van der Waals surface area contributed by atoms with Crippen molar-refractivity contribution in [2.75, 3.05) is 4.90 Å². The maximum atomic E-state index is 7.11. The van der Waals surface area contributed by atoms with Crippen molar-refractivity contribution < 1.29 is 9.15 Å². The molecule has 1 aromatic heterocycles. The summed E-state index contributed by atoms with van der Waals surface area (Å²) in [6, 6.07) is 77.6. The molecule has 0 N–H and O–H groups in total. The number of aryl methyl sites for hydroxylation is 3. The summed E-state index contributed by atoms with van der Waals surface area (Å²) in [6.45, 7) is 6.77. The number of para-hydroxylation sites is 2. The van der Waals surface area contributed by atoms with Crippen molar-refractivity contribution in [1.82, 2.24) is 0 Å². The second-order valence-electron chi connectivity index (χ2n) is 18.9. The number of hydrogen-bond acceptors (Lipinski definition) is 3. The van der Waals surface area contributed by atoms with Crippen LogP contribution in [0.1, 0.15) is 16.7 Å². The smallest absolute Gasteiger partial charge is 0.243 e. The zero-order chi connectivity index (χ0) is 45.9. The van der Waals surface area contributed by atoms with Gasteiger partial charge in [-0.15, -0.1) is 0 Å². The molecule has 1 aliphatic heterocycles. The molecule has 0 spiro atoms. The van der Waals surface area contributed by atoms with Crippen LogP contribution in [0, 0.1) is 20.8 Å². The Bertz CT molecular complexity index is 4270. The highest BCUT2D eigenvalue weighted by molar-refractivity contribution is 6.98. The molecule has 0 saturated carbocycles. The Morgan fingerprint density at radius 3 is 1.88 bits per heavy atom. The van der Waals surface area contributed by atoms with Crippen molar-refractivity contribution >= 4 is 116 Å². The Balaban J connectivity index is 0.993. The summed E-state index contributed by atoms with van der Waals surface area (Å²) in [4.78, 5) is 2.32. The average molecular weight is 882 g/mol. The van der Waals surface area contributed by atoms with E-state index in [0.29, 0.717) is 0 Å². The molecule has 0 bridgehead atoms. The second-order valence-corrected chi connectivity index (χ2v) is 18.9. The zero-order valence-corrected chi connectivity index (χ0v) is 38.5. The number of fused-ring (bicyclic) bond motifs is 11. The van der Waals surface area contributed by atoms with E-state index in [2.05, 4.69) is 226 Å². The largest absolute Gasteiger partial charge is 0.456 e. The Labute approximate surface area is 400 Å². The number of ether oxygens (including phenoxy) is 1. The Morgan fingerprint density at radius 1 is 0.391 bits per heavy atom. The first-order chi connectivity index (χ1) is 33.9. The van der Waals surface area contributed by atoms with Gasteiger partial charge >= 0.3 is 0 Å². The summed E-state index contributed by atoms with van der Waals surface area (Å²) in [6.07, 6.45) is 0. The predicted octanol–water partition coefficient (Wildman–Crippen LogP) is 16.0. The van der Waals surface area contributed by atoms with Crippen LogP contribution < -0.4 is 26.0 Å². The number of hydrogen-bond donors (Lipinski definition) is 0. The lowest BCUT2D eigenvalue weighted by atomic mass is 9.34. The van der Waals surface area contributed by atoms with E-state index in [-0.39, 0.29) is 6.71 Å². The number of nitrogens with zero attached hydrogens (tertiary/aromatic N) is 1. The van der Waals surface area contributed by atoms with Crippen molar-refractivity contribution in [3.8, 4) is 22.6 Å². The lowest BCUT2D eigenvalue weighted by Gasteiger charge is -2.29. The van der Waals surface area contributed by atoms with Gasteiger partial charge in [0.05, 0.1) is 11.4 Å². The third-order valence-electron chi connectivity index (χ3n) is 14.8. The molecule has 13 aromatic rings. The number of anilines is 3. The lowest BCUT2D eigenvalue weighted by molar-refractivity contribution is 0.487. The lowest BCUT2D eigenvalue weighted by Crippen LogP contribution is -2.54. The van der Waals surface area contributed by atoms with E-state index in [1.807, 2.05) is 12.1 Å². The van der Waals surface area contributed by atoms with E-state index < -0.39 is 0 Å². The van der Waals surface area contributed by atoms with Crippen molar-refractivity contribution in [3.05, 3.63) is 229 Å². The van der Waals surface area contributed by atoms with Gasteiger partial charge in [-0.3, -0.25) is 0 Å². The molecule has 0 atom stereocenters. The molecule has 0 unspecified atom stereocenters. The minimum Gasteiger partial charge on any atom is -0.456 e. The minimum atomic E-state index is -0.0110. The van der Waals surface area contributed by atoms with Crippen molar-refractivity contribution in [3.63, 3.8) is 0 Å². The van der Waals surface area contributed by atoms with Gasteiger partial charge in [-0.1, -0.05) is 191 Å². The van der Waals surface area contributed by atoms with Crippen LogP contribution >= 0.6 is 0 Å². The maximum absolute atomic E-state index is 7.11. The molecular weight excluding hydrogens is 838 g/mol. The van der Waals surface area contributed by atoms with E-state index in [1.165, 1.54) is 87.1 Å². The fraction of sp³-hybridized carbons (Fsp3) is 0.0462. The molecule has 0 fully saturated rings. The average Bonchev–Trinajstić information content (AvgIpc) is 3.77. The summed E-state index contributed by atoms with van der Waals surface area (Å²) in [5.41, 5.74) is 14.8. The van der Waals surface area contributed by atoms with Crippen LogP contribution in [0.5, 0.6) is 11.5 Å².